The van der Waals surface area contributed by atoms with Gasteiger partial charge in [0.2, 0.25) is 11.8 Å². The number of benzene rings is 2. The summed E-state index contributed by atoms with van der Waals surface area (Å²) < 4.78 is 13.1. The van der Waals surface area contributed by atoms with E-state index in [0.29, 0.717) is 36.9 Å². The Morgan fingerprint density at radius 1 is 1.10 bits per heavy atom. The third-order valence-corrected chi connectivity index (χ3v) is 11.2. The first-order chi connectivity index (χ1) is 24.8. The molecule has 10 nitrogen and oxygen atoms in total. The molecule has 2 aromatic carbocycles. The van der Waals surface area contributed by atoms with Crippen LogP contribution in [0.5, 0.6) is 0 Å². The van der Waals surface area contributed by atoms with Crippen molar-refractivity contribution in [2.75, 3.05) is 25.1 Å². The second-order valence-corrected chi connectivity index (χ2v) is 15.1. The smallest absolute Gasteiger partial charge is 0.313 e. The van der Waals surface area contributed by atoms with Gasteiger partial charge in [-0.05, 0) is 75.1 Å². The van der Waals surface area contributed by atoms with Crippen molar-refractivity contribution in [2.45, 2.75) is 103 Å². The Morgan fingerprint density at radius 2 is 1.81 bits per heavy atom. The first-order valence-corrected chi connectivity index (χ1v) is 18.5. The fraction of sp³-hybridized carbons (Fsp3) is 0.524. The summed E-state index contributed by atoms with van der Waals surface area (Å²) in [5.41, 5.74) is 1.98. The molecule has 280 valence electrons. The van der Waals surface area contributed by atoms with Gasteiger partial charge in [0, 0.05) is 25.7 Å². The second-order valence-electron chi connectivity index (χ2n) is 15.1. The molecule has 0 aromatic heterocycles. The van der Waals surface area contributed by atoms with Gasteiger partial charge in [-0.3, -0.25) is 19.2 Å². The van der Waals surface area contributed by atoms with Crippen molar-refractivity contribution in [3.05, 3.63) is 90.5 Å². The summed E-state index contributed by atoms with van der Waals surface area (Å²) in [7, 11) is 1.69. The molecule has 3 saturated heterocycles. The molecule has 8 atom stereocenters. The molecule has 2 bridgehead atoms. The minimum absolute atomic E-state index is 0.109. The summed E-state index contributed by atoms with van der Waals surface area (Å²) in [5, 5.41) is 10.7. The number of likely N-dealkylation sites (N-methyl/N-ethyl adjacent to an activating group) is 1. The van der Waals surface area contributed by atoms with Crippen molar-refractivity contribution in [3.8, 4) is 0 Å². The highest BCUT2D eigenvalue weighted by molar-refractivity contribution is 6.05. The number of ether oxygens (including phenoxy) is 2. The Morgan fingerprint density at radius 3 is 2.44 bits per heavy atom. The maximum atomic E-state index is 15.1. The van der Waals surface area contributed by atoms with Crippen molar-refractivity contribution in [3.63, 3.8) is 0 Å². The van der Waals surface area contributed by atoms with E-state index in [1.165, 1.54) is 4.90 Å². The van der Waals surface area contributed by atoms with Crippen LogP contribution in [-0.4, -0.2) is 88.6 Å². The number of carbonyl (C=O) groups is 4. The minimum atomic E-state index is -1.30. The summed E-state index contributed by atoms with van der Waals surface area (Å²) in [6.45, 7) is 17.2. The molecule has 1 N–H and O–H groups in total. The van der Waals surface area contributed by atoms with E-state index in [4.69, 9.17) is 9.47 Å². The number of fused-ring (bicyclic) bond motifs is 1. The van der Waals surface area contributed by atoms with E-state index in [-0.39, 0.29) is 43.2 Å². The van der Waals surface area contributed by atoms with E-state index in [0.717, 1.165) is 11.1 Å². The Balaban J connectivity index is 1.55. The van der Waals surface area contributed by atoms with E-state index in [2.05, 4.69) is 13.2 Å². The number of aryl methyl sites for hydroxylation is 2. The molecule has 1 spiro atoms. The number of esters is 1. The van der Waals surface area contributed by atoms with Gasteiger partial charge in [-0.1, -0.05) is 68.5 Å². The molecule has 3 fully saturated rings. The Kier molecular flexibility index (Phi) is 12.1. The Labute approximate surface area is 308 Å². The number of aliphatic hydroxyl groups is 1. The van der Waals surface area contributed by atoms with Gasteiger partial charge in [0.25, 0.3) is 5.91 Å². The molecule has 0 radical (unpaired) electrons. The van der Waals surface area contributed by atoms with Gasteiger partial charge in [0.05, 0.1) is 36.6 Å². The topological polar surface area (TPSA) is 117 Å². The van der Waals surface area contributed by atoms with Crippen molar-refractivity contribution in [1.29, 1.82) is 0 Å². The average molecular weight is 714 g/mol. The molecule has 3 aliphatic heterocycles. The van der Waals surface area contributed by atoms with Crippen molar-refractivity contribution < 1.29 is 33.8 Å². The second kappa shape index (κ2) is 16.2. The fourth-order valence-corrected chi connectivity index (χ4v) is 8.57. The van der Waals surface area contributed by atoms with Crippen LogP contribution in [0.25, 0.3) is 0 Å². The number of carbonyl (C=O) groups excluding carboxylic acids is 4. The molecular weight excluding hydrogens is 658 g/mol. The SMILES string of the molecule is C=CCCC(=O)N(C)[C@H](C)[C@H](OC(=O)[C@@H]1[C@@H]2CC[C@]3(O2)[C@H](C(=O)N(CC=C)c2cc(C)ccc2C)N([C@@H](CO)CC(C)C)C(=O)[C@@H]13)c1ccccc1. The molecule has 3 aliphatic rings. The van der Waals surface area contributed by atoms with Gasteiger partial charge < -0.3 is 29.3 Å². The van der Waals surface area contributed by atoms with E-state index in [9.17, 15) is 19.5 Å². The van der Waals surface area contributed by atoms with Gasteiger partial charge in [-0.15, -0.1) is 13.2 Å². The van der Waals surface area contributed by atoms with Crippen LogP contribution < -0.4 is 4.90 Å². The van der Waals surface area contributed by atoms with Crippen LogP contribution in [0.3, 0.4) is 0 Å². The zero-order chi connectivity index (χ0) is 37.9. The van der Waals surface area contributed by atoms with E-state index in [1.807, 2.05) is 83.1 Å². The van der Waals surface area contributed by atoms with E-state index >= 15 is 4.79 Å². The highest BCUT2D eigenvalue weighted by Gasteiger charge is 2.76. The van der Waals surface area contributed by atoms with Crippen LogP contribution in [0.2, 0.25) is 0 Å². The lowest BCUT2D eigenvalue weighted by molar-refractivity contribution is -0.165. The molecule has 52 heavy (non-hydrogen) atoms. The number of aliphatic hydroxyl groups excluding tert-OH is 1. The van der Waals surface area contributed by atoms with Crippen molar-refractivity contribution in [1.82, 2.24) is 9.80 Å². The fourth-order valence-electron chi connectivity index (χ4n) is 8.57. The predicted molar refractivity (Wildman–Crippen MR) is 200 cm³/mol. The Hall–Kier alpha value is -4.28. The number of hydrogen-bond donors (Lipinski definition) is 1. The summed E-state index contributed by atoms with van der Waals surface area (Å²) >= 11 is 0. The number of rotatable bonds is 16. The molecular formula is C42H55N3O7. The normalized spacial score (nSPS) is 25.0. The van der Waals surface area contributed by atoms with Crippen LogP contribution in [0, 0.1) is 31.6 Å². The molecule has 0 unspecified atom stereocenters. The number of anilines is 1. The molecule has 3 heterocycles. The Bertz CT molecular complexity index is 1660. The van der Waals surface area contributed by atoms with E-state index in [1.54, 1.807) is 29.0 Å². The van der Waals surface area contributed by atoms with Crippen LogP contribution in [0.15, 0.2) is 73.8 Å². The monoisotopic (exact) mass is 713 g/mol. The van der Waals surface area contributed by atoms with Gasteiger partial charge in [0.15, 0.2) is 0 Å². The summed E-state index contributed by atoms with van der Waals surface area (Å²) in [4.78, 5) is 62.4. The number of likely N-dealkylation sites (tertiary alicyclic amines) is 1. The zero-order valence-corrected chi connectivity index (χ0v) is 31.5. The first kappa shape index (κ1) is 38.9. The number of amides is 3. The lowest BCUT2D eigenvalue weighted by atomic mass is 9.70. The summed E-state index contributed by atoms with van der Waals surface area (Å²) in [5.74, 6) is -3.29. The zero-order valence-electron chi connectivity index (χ0n) is 31.5. The highest BCUT2D eigenvalue weighted by atomic mass is 16.6. The molecule has 0 saturated carbocycles. The van der Waals surface area contributed by atoms with Crippen molar-refractivity contribution >= 4 is 29.4 Å². The third-order valence-electron chi connectivity index (χ3n) is 11.2. The van der Waals surface area contributed by atoms with Gasteiger partial charge in [-0.25, -0.2) is 0 Å². The van der Waals surface area contributed by atoms with Crippen molar-refractivity contribution in [2.24, 2.45) is 17.8 Å². The summed E-state index contributed by atoms with van der Waals surface area (Å²) in [6.07, 6.45) is 4.00. The molecule has 0 aliphatic carbocycles. The van der Waals surface area contributed by atoms with Gasteiger partial charge >= 0.3 is 5.97 Å². The number of nitrogens with zero attached hydrogens (tertiary/aromatic N) is 3. The number of allylic oxidation sites excluding steroid dienone is 1. The highest BCUT2D eigenvalue weighted by Crippen LogP contribution is 2.59. The summed E-state index contributed by atoms with van der Waals surface area (Å²) in [6, 6.07) is 12.9. The van der Waals surface area contributed by atoms with Gasteiger partial charge in [0.1, 0.15) is 17.7 Å². The van der Waals surface area contributed by atoms with Crippen LogP contribution in [0.1, 0.15) is 75.7 Å². The lowest BCUT2D eigenvalue weighted by Crippen LogP contribution is -2.59. The minimum Gasteiger partial charge on any atom is -0.455 e. The predicted octanol–water partition coefficient (Wildman–Crippen LogP) is 5.70. The molecule has 10 heteroatoms. The maximum Gasteiger partial charge on any atom is 0.313 e. The van der Waals surface area contributed by atoms with E-state index < -0.39 is 53.7 Å². The van der Waals surface area contributed by atoms with Crippen LogP contribution in [-0.2, 0) is 28.7 Å². The average Bonchev–Trinajstić information content (AvgIpc) is 3.78. The number of hydrogen-bond acceptors (Lipinski definition) is 7. The molecule has 3 amide bonds. The van der Waals surface area contributed by atoms with Crippen LogP contribution in [0.4, 0.5) is 5.69 Å². The molecule has 5 rings (SSSR count). The van der Waals surface area contributed by atoms with Crippen LogP contribution >= 0.6 is 0 Å². The maximum absolute atomic E-state index is 15.1. The third kappa shape index (κ3) is 7.20. The quantitative estimate of drug-likeness (QED) is 0.175. The lowest BCUT2D eigenvalue weighted by Gasteiger charge is -2.40. The first-order valence-electron chi connectivity index (χ1n) is 18.5. The van der Waals surface area contributed by atoms with Gasteiger partial charge in [-0.2, -0.15) is 0 Å². The largest absolute Gasteiger partial charge is 0.455 e. The standard InChI is InChI=1S/C42H55N3O7/c1-9-11-17-34(47)43(8)29(7)37(30-15-13-12-14-16-30)51-41(50)35-33-20-21-42(52-33)36(35)39(48)45(31(25-46)23-26(3)4)38(42)40(49)44(22-10-2)32-24-27(5)18-19-28(32)6/h9-10,12-16,18-19,24,26,29,31,33,35-38,46H,1-2,11,17,20-23,25H2,3-8H3/t29-,31-,33+,35-,36-,37+,38+,42-/m1/s1. The molecule has 2 aromatic rings.